The van der Waals surface area contributed by atoms with E-state index in [-0.39, 0.29) is 12.4 Å². The molecule has 0 aliphatic rings. The Bertz CT molecular complexity index is 710. The highest BCUT2D eigenvalue weighted by Crippen LogP contribution is 2.29. The molecule has 6 heteroatoms. The Morgan fingerprint density at radius 1 is 0.857 bits per heavy atom. The van der Waals surface area contributed by atoms with Crippen molar-refractivity contribution in [3.05, 3.63) is 57.6 Å². The minimum Gasteiger partial charge on any atom is -0.493 e. The summed E-state index contributed by atoms with van der Waals surface area (Å²) in [6.45, 7) is 4.52. The second-order valence-corrected chi connectivity index (χ2v) is 7.43. The fourth-order valence-corrected chi connectivity index (χ4v) is 3.14. The van der Waals surface area contributed by atoms with Crippen LogP contribution in [0.5, 0.6) is 11.5 Å². The van der Waals surface area contributed by atoms with Crippen molar-refractivity contribution < 1.29 is 9.47 Å². The minimum absolute atomic E-state index is 0. The lowest BCUT2D eigenvalue weighted by atomic mass is 10.1. The number of unbranched alkanes of at least 4 members (excludes halogenated alkanes) is 4. The van der Waals surface area contributed by atoms with Crippen molar-refractivity contribution >= 4 is 35.6 Å². The summed E-state index contributed by atoms with van der Waals surface area (Å²) in [6.07, 6.45) is 6.47. The van der Waals surface area contributed by atoms with E-state index in [1.165, 1.54) is 37.7 Å². The topological polar surface area (TPSA) is 30.5 Å². The molecule has 1 N–H and O–H groups in total. The summed E-state index contributed by atoms with van der Waals surface area (Å²) in [7, 11) is 1.66. The van der Waals surface area contributed by atoms with E-state index in [1.54, 1.807) is 13.2 Å². The molecule has 0 amide bonds. The lowest BCUT2D eigenvalue weighted by Gasteiger charge is -2.13. The average molecular weight is 447 g/mol. The largest absolute Gasteiger partial charge is 0.493 e. The van der Waals surface area contributed by atoms with Crippen molar-refractivity contribution in [3.8, 4) is 11.5 Å². The number of methoxy groups -OCH3 is 1. The minimum atomic E-state index is 0. The molecule has 0 heterocycles. The summed E-state index contributed by atoms with van der Waals surface area (Å²) in [5, 5.41) is 4.57. The van der Waals surface area contributed by atoms with E-state index in [9.17, 15) is 0 Å². The van der Waals surface area contributed by atoms with Crippen molar-refractivity contribution in [2.75, 3.05) is 13.7 Å². The molecule has 2 rings (SSSR count). The van der Waals surface area contributed by atoms with Gasteiger partial charge in [0, 0.05) is 6.54 Å². The molecule has 2 aromatic carbocycles. The van der Waals surface area contributed by atoms with Crippen molar-refractivity contribution in [1.29, 1.82) is 0 Å². The number of ether oxygens (including phenoxy) is 2. The molecular formula is C22H30Cl3NO2. The van der Waals surface area contributed by atoms with Gasteiger partial charge in [-0.25, -0.2) is 0 Å². The molecule has 0 bridgehead atoms. The first kappa shape index (κ1) is 24.9. The van der Waals surface area contributed by atoms with E-state index in [0.717, 1.165) is 24.4 Å². The quantitative estimate of drug-likeness (QED) is 0.354. The molecule has 0 aromatic heterocycles. The fourth-order valence-electron chi connectivity index (χ4n) is 2.82. The highest BCUT2D eigenvalue weighted by molar-refractivity contribution is 6.42. The normalized spacial score (nSPS) is 10.4. The van der Waals surface area contributed by atoms with E-state index in [1.807, 2.05) is 24.3 Å². The Balaban J connectivity index is 0.00000392. The first-order valence-corrected chi connectivity index (χ1v) is 10.3. The molecule has 0 saturated carbocycles. The van der Waals surface area contributed by atoms with Crippen molar-refractivity contribution in [3.63, 3.8) is 0 Å². The summed E-state index contributed by atoms with van der Waals surface area (Å²) < 4.78 is 11.4. The molecule has 0 spiro atoms. The van der Waals surface area contributed by atoms with Crippen LogP contribution in [0.15, 0.2) is 36.4 Å². The Morgan fingerprint density at radius 3 is 2.32 bits per heavy atom. The predicted molar refractivity (Wildman–Crippen MR) is 122 cm³/mol. The highest BCUT2D eigenvalue weighted by Gasteiger charge is 2.07. The van der Waals surface area contributed by atoms with Crippen LogP contribution in [0, 0.1) is 0 Å². The van der Waals surface area contributed by atoms with Crippen molar-refractivity contribution in [2.45, 2.75) is 52.2 Å². The number of nitrogens with one attached hydrogen (secondary N) is 1. The maximum Gasteiger partial charge on any atom is 0.161 e. The number of hydrogen-bond donors (Lipinski definition) is 1. The van der Waals surface area contributed by atoms with Gasteiger partial charge in [0.15, 0.2) is 11.5 Å². The Hall–Kier alpha value is -1.13. The third-order valence-electron chi connectivity index (χ3n) is 4.39. The van der Waals surface area contributed by atoms with Gasteiger partial charge < -0.3 is 14.8 Å². The van der Waals surface area contributed by atoms with Crippen LogP contribution in [0.1, 0.15) is 50.2 Å². The van der Waals surface area contributed by atoms with Crippen LogP contribution in [0.25, 0.3) is 0 Å². The molecule has 28 heavy (non-hydrogen) atoms. The van der Waals surface area contributed by atoms with Crippen LogP contribution >= 0.6 is 35.6 Å². The summed E-state index contributed by atoms with van der Waals surface area (Å²) in [5.74, 6) is 1.45. The van der Waals surface area contributed by atoms with Crippen LogP contribution in [-0.4, -0.2) is 13.7 Å². The Morgan fingerprint density at radius 2 is 1.61 bits per heavy atom. The van der Waals surface area contributed by atoms with Gasteiger partial charge in [-0.3, -0.25) is 0 Å². The van der Waals surface area contributed by atoms with E-state index < -0.39 is 0 Å². The van der Waals surface area contributed by atoms with Crippen LogP contribution in [0.3, 0.4) is 0 Å². The SMILES string of the molecule is CCCCCCCNCc1ccc(OCc2ccc(Cl)c(Cl)c2)c(OC)c1.Cl. The third kappa shape index (κ3) is 8.48. The maximum absolute atomic E-state index is 6.05. The van der Waals surface area contributed by atoms with Crippen molar-refractivity contribution in [2.24, 2.45) is 0 Å². The van der Waals surface area contributed by atoms with Gasteiger partial charge in [-0.15, -0.1) is 12.4 Å². The first-order valence-electron chi connectivity index (χ1n) is 9.58. The van der Waals surface area contributed by atoms with Gasteiger partial charge in [0.1, 0.15) is 6.61 Å². The Labute approximate surface area is 185 Å². The van der Waals surface area contributed by atoms with Crippen LogP contribution in [0.4, 0.5) is 0 Å². The molecule has 2 aromatic rings. The number of halogens is 3. The number of rotatable bonds is 12. The maximum atomic E-state index is 6.05. The lowest BCUT2D eigenvalue weighted by Crippen LogP contribution is -2.14. The molecule has 0 radical (unpaired) electrons. The summed E-state index contributed by atoms with van der Waals surface area (Å²) in [6, 6.07) is 11.5. The molecule has 0 aliphatic heterocycles. The standard InChI is InChI=1S/C22H29Cl2NO2.ClH/c1-3-4-5-6-7-12-25-15-17-9-11-21(22(14-17)26-2)27-16-18-8-10-19(23)20(24)13-18;/h8-11,13-14,25H,3-7,12,15-16H2,1-2H3;1H. The molecular weight excluding hydrogens is 417 g/mol. The van der Waals surface area contributed by atoms with Gasteiger partial charge in [-0.1, -0.05) is 67.9 Å². The van der Waals surface area contributed by atoms with Gasteiger partial charge in [-0.05, 0) is 48.4 Å². The Kier molecular flexibility index (Phi) is 12.4. The fraction of sp³-hybridized carbons (Fsp3) is 0.455. The van der Waals surface area contributed by atoms with Crippen molar-refractivity contribution in [1.82, 2.24) is 5.32 Å². The van der Waals surface area contributed by atoms with Gasteiger partial charge >= 0.3 is 0 Å². The monoisotopic (exact) mass is 445 g/mol. The zero-order valence-corrected chi connectivity index (χ0v) is 18.9. The summed E-state index contributed by atoms with van der Waals surface area (Å²) in [5.41, 5.74) is 2.14. The van der Waals surface area contributed by atoms with Crippen LogP contribution in [0.2, 0.25) is 10.0 Å². The smallest absolute Gasteiger partial charge is 0.161 e. The van der Waals surface area contributed by atoms with Gasteiger partial charge in [0.2, 0.25) is 0 Å². The van der Waals surface area contributed by atoms with E-state index in [4.69, 9.17) is 32.7 Å². The second kappa shape index (κ2) is 13.9. The summed E-state index contributed by atoms with van der Waals surface area (Å²) >= 11 is 12.0. The average Bonchev–Trinajstić information content (AvgIpc) is 2.68. The van der Waals surface area contributed by atoms with E-state index in [0.29, 0.717) is 22.4 Å². The zero-order valence-electron chi connectivity index (χ0n) is 16.6. The molecule has 0 atom stereocenters. The van der Waals surface area contributed by atoms with Gasteiger partial charge in [0.05, 0.1) is 17.2 Å². The second-order valence-electron chi connectivity index (χ2n) is 6.61. The summed E-state index contributed by atoms with van der Waals surface area (Å²) in [4.78, 5) is 0. The van der Waals surface area contributed by atoms with Gasteiger partial charge in [-0.2, -0.15) is 0 Å². The highest BCUT2D eigenvalue weighted by atomic mass is 35.5. The molecule has 0 fully saturated rings. The number of benzene rings is 2. The van der Waals surface area contributed by atoms with Crippen LogP contribution < -0.4 is 14.8 Å². The lowest BCUT2D eigenvalue weighted by molar-refractivity contribution is 0.284. The predicted octanol–water partition coefficient (Wildman–Crippen LogP) is 7.06. The van der Waals surface area contributed by atoms with E-state index in [2.05, 4.69) is 18.3 Å². The van der Waals surface area contributed by atoms with E-state index >= 15 is 0 Å². The molecule has 0 unspecified atom stereocenters. The molecule has 0 aliphatic carbocycles. The van der Waals surface area contributed by atoms with Gasteiger partial charge in [0.25, 0.3) is 0 Å². The molecule has 3 nitrogen and oxygen atoms in total. The first-order chi connectivity index (χ1) is 13.1. The number of hydrogen-bond acceptors (Lipinski definition) is 3. The molecule has 156 valence electrons. The molecule has 0 saturated heterocycles. The van der Waals surface area contributed by atoms with Crippen LogP contribution in [-0.2, 0) is 13.2 Å². The zero-order chi connectivity index (χ0) is 19.5. The third-order valence-corrected chi connectivity index (χ3v) is 5.13.